The summed E-state index contributed by atoms with van der Waals surface area (Å²) in [5, 5.41) is 9.24. The Morgan fingerprint density at radius 1 is 1.41 bits per heavy atom. The fraction of sp³-hybridized carbons (Fsp3) is 0.636. The number of rotatable bonds is 3. The van der Waals surface area contributed by atoms with Gasteiger partial charge in [-0.3, -0.25) is 14.3 Å². The molecule has 94 valence electrons. The number of aromatic amines is 1. The Balaban J connectivity index is 2.21. The highest BCUT2D eigenvalue weighted by Crippen LogP contribution is 2.32. The lowest BCUT2D eigenvalue weighted by atomic mass is 9.97. The Labute approximate surface area is 112 Å². The summed E-state index contributed by atoms with van der Waals surface area (Å²) in [6.07, 6.45) is 4.75. The number of nitrogens with zero attached hydrogens (tertiary/aromatic N) is 1. The van der Waals surface area contributed by atoms with Gasteiger partial charge in [0.25, 0.3) is 5.56 Å². The van der Waals surface area contributed by atoms with Crippen LogP contribution in [0.2, 0.25) is 0 Å². The lowest BCUT2D eigenvalue weighted by Gasteiger charge is -2.18. The fourth-order valence-electron chi connectivity index (χ4n) is 2.47. The van der Waals surface area contributed by atoms with Gasteiger partial charge in [0, 0.05) is 19.3 Å². The summed E-state index contributed by atoms with van der Waals surface area (Å²) in [4.78, 5) is 25.1. The first-order chi connectivity index (χ1) is 8.11. The number of nitrogens with one attached hydrogen (secondary N) is 1. The Bertz CT molecular complexity index is 508. The van der Waals surface area contributed by atoms with Crippen molar-refractivity contribution in [2.45, 2.75) is 25.8 Å². The van der Waals surface area contributed by atoms with E-state index in [-0.39, 0.29) is 23.8 Å². The van der Waals surface area contributed by atoms with E-state index >= 15 is 0 Å². The average molecular weight is 350 g/mol. The third-order valence-corrected chi connectivity index (χ3v) is 4.22. The second-order valence-electron chi connectivity index (χ2n) is 4.52. The van der Waals surface area contributed by atoms with Crippen LogP contribution in [0.25, 0.3) is 0 Å². The Hall–Kier alpha value is -0.630. The van der Waals surface area contributed by atoms with Crippen molar-refractivity contribution in [2.24, 2.45) is 11.8 Å². The smallest absolute Gasteiger partial charge is 0.328 e. The van der Waals surface area contributed by atoms with Crippen LogP contribution in [-0.4, -0.2) is 21.3 Å². The van der Waals surface area contributed by atoms with E-state index in [1.165, 1.54) is 0 Å². The van der Waals surface area contributed by atoms with E-state index < -0.39 is 0 Å². The zero-order valence-electron chi connectivity index (χ0n) is 9.36. The minimum atomic E-state index is -0.362. The first-order valence-corrected chi connectivity index (χ1v) is 6.80. The molecule has 2 N–H and O–H groups in total. The second kappa shape index (κ2) is 5.34. The number of H-pyrrole nitrogens is 1. The highest BCUT2D eigenvalue weighted by Gasteiger charge is 2.27. The molecule has 17 heavy (non-hydrogen) atoms. The van der Waals surface area contributed by atoms with Crippen LogP contribution < -0.4 is 11.2 Å². The van der Waals surface area contributed by atoms with Gasteiger partial charge in [0.15, 0.2) is 0 Å². The molecule has 0 aromatic carbocycles. The van der Waals surface area contributed by atoms with Crippen molar-refractivity contribution in [3.05, 3.63) is 30.6 Å². The molecule has 1 saturated carbocycles. The summed E-state index contributed by atoms with van der Waals surface area (Å²) < 4.78 is 2.06. The third-order valence-electron chi connectivity index (χ3n) is 3.45. The lowest BCUT2D eigenvalue weighted by molar-refractivity contribution is 0.183. The van der Waals surface area contributed by atoms with Gasteiger partial charge in [0.2, 0.25) is 0 Å². The van der Waals surface area contributed by atoms with Gasteiger partial charge in [-0.05, 0) is 47.3 Å². The molecule has 6 heteroatoms. The van der Waals surface area contributed by atoms with Gasteiger partial charge in [-0.2, -0.15) is 0 Å². The number of aliphatic hydroxyl groups excluding tert-OH is 1. The summed E-state index contributed by atoms with van der Waals surface area (Å²) in [5.41, 5.74) is -0.698. The minimum Gasteiger partial charge on any atom is -0.396 e. The van der Waals surface area contributed by atoms with Crippen molar-refractivity contribution in [2.75, 3.05) is 6.61 Å². The molecule has 0 bridgehead atoms. The Morgan fingerprint density at radius 3 is 2.82 bits per heavy atom. The summed E-state index contributed by atoms with van der Waals surface area (Å²) in [6.45, 7) is 0.761. The Kier molecular flexibility index (Phi) is 4.03. The van der Waals surface area contributed by atoms with E-state index in [0.29, 0.717) is 16.0 Å². The highest BCUT2D eigenvalue weighted by atomic mass is 127. The van der Waals surface area contributed by atoms with E-state index in [1.807, 2.05) is 22.6 Å². The van der Waals surface area contributed by atoms with E-state index in [9.17, 15) is 14.7 Å². The van der Waals surface area contributed by atoms with Gasteiger partial charge in [-0.25, -0.2) is 4.79 Å². The van der Waals surface area contributed by atoms with Crippen LogP contribution in [0.5, 0.6) is 0 Å². The molecule has 2 atom stereocenters. The zero-order valence-corrected chi connectivity index (χ0v) is 11.5. The van der Waals surface area contributed by atoms with Crippen molar-refractivity contribution < 1.29 is 5.11 Å². The van der Waals surface area contributed by atoms with Gasteiger partial charge in [0.1, 0.15) is 0 Å². The van der Waals surface area contributed by atoms with Gasteiger partial charge in [-0.15, -0.1) is 0 Å². The number of aromatic nitrogens is 2. The van der Waals surface area contributed by atoms with Gasteiger partial charge < -0.3 is 5.11 Å². The number of hydrogen-bond acceptors (Lipinski definition) is 3. The van der Waals surface area contributed by atoms with E-state index in [2.05, 4.69) is 4.98 Å². The van der Waals surface area contributed by atoms with Crippen molar-refractivity contribution in [3.63, 3.8) is 0 Å². The molecule has 0 radical (unpaired) electrons. The van der Waals surface area contributed by atoms with Gasteiger partial charge in [0.05, 0.1) is 3.57 Å². The molecule has 2 rings (SSSR count). The maximum atomic E-state index is 11.6. The summed E-state index contributed by atoms with van der Waals surface area (Å²) >= 11 is 1.91. The molecule has 0 saturated heterocycles. The quantitative estimate of drug-likeness (QED) is 0.782. The first kappa shape index (κ1) is 12.8. The first-order valence-electron chi connectivity index (χ1n) is 5.72. The van der Waals surface area contributed by atoms with Crippen LogP contribution in [-0.2, 0) is 6.54 Å². The lowest BCUT2D eigenvalue weighted by Crippen LogP contribution is -2.33. The summed E-state index contributed by atoms with van der Waals surface area (Å²) in [6, 6.07) is 0. The molecule has 1 aromatic rings. The predicted molar refractivity (Wildman–Crippen MR) is 72.0 cm³/mol. The van der Waals surface area contributed by atoms with Crippen LogP contribution in [0.3, 0.4) is 0 Å². The van der Waals surface area contributed by atoms with Crippen LogP contribution in [0.15, 0.2) is 15.8 Å². The fourth-order valence-corrected chi connectivity index (χ4v) is 2.94. The molecular weight excluding hydrogens is 335 g/mol. The van der Waals surface area contributed by atoms with Crippen molar-refractivity contribution in [1.82, 2.24) is 9.55 Å². The average Bonchev–Trinajstić information content (AvgIpc) is 2.73. The number of aliphatic hydroxyl groups is 1. The maximum absolute atomic E-state index is 11.6. The monoisotopic (exact) mass is 350 g/mol. The molecule has 0 unspecified atom stereocenters. The molecule has 1 aliphatic rings. The molecular formula is C11H15IN2O3. The maximum Gasteiger partial charge on any atom is 0.328 e. The van der Waals surface area contributed by atoms with E-state index in [0.717, 1.165) is 19.3 Å². The predicted octanol–water partition coefficient (Wildman–Crippen LogP) is 0.550. The molecule has 1 aromatic heterocycles. The third kappa shape index (κ3) is 2.79. The zero-order chi connectivity index (χ0) is 12.4. The van der Waals surface area contributed by atoms with E-state index in [4.69, 9.17) is 0 Å². The van der Waals surface area contributed by atoms with Crippen molar-refractivity contribution in [3.8, 4) is 0 Å². The summed E-state index contributed by atoms with van der Waals surface area (Å²) in [5.74, 6) is 0.617. The van der Waals surface area contributed by atoms with Crippen LogP contribution in [0, 0.1) is 15.4 Å². The van der Waals surface area contributed by atoms with Crippen molar-refractivity contribution >= 4 is 22.6 Å². The Morgan fingerprint density at radius 2 is 2.12 bits per heavy atom. The largest absolute Gasteiger partial charge is 0.396 e. The van der Waals surface area contributed by atoms with Crippen molar-refractivity contribution in [1.29, 1.82) is 0 Å². The molecule has 1 fully saturated rings. The molecule has 0 amide bonds. The molecule has 1 aliphatic carbocycles. The van der Waals surface area contributed by atoms with Crippen LogP contribution in [0.1, 0.15) is 19.3 Å². The molecule has 5 nitrogen and oxygen atoms in total. The standard InChI is InChI=1S/C11H15IN2O3/c12-9-5-14(11(17)13-10(9)16)4-7-2-1-3-8(7)6-15/h5,7-8,15H,1-4,6H2,(H,13,16,17)/t7-,8+/m0/s1. The second-order valence-corrected chi connectivity index (χ2v) is 5.68. The topological polar surface area (TPSA) is 75.1 Å². The molecule has 0 spiro atoms. The van der Waals surface area contributed by atoms with E-state index in [1.54, 1.807) is 10.8 Å². The molecule has 0 aliphatic heterocycles. The number of halogens is 1. The normalized spacial score (nSPS) is 24.1. The minimum absolute atomic E-state index is 0.180. The van der Waals surface area contributed by atoms with Crippen LogP contribution in [0.4, 0.5) is 0 Å². The SMILES string of the molecule is O=c1[nH]c(=O)n(C[C@@H]2CCC[C@@H]2CO)cc1I. The highest BCUT2D eigenvalue weighted by molar-refractivity contribution is 14.1. The van der Waals surface area contributed by atoms with Gasteiger partial charge in [-0.1, -0.05) is 6.42 Å². The van der Waals surface area contributed by atoms with Crippen LogP contribution >= 0.6 is 22.6 Å². The summed E-state index contributed by atoms with van der Waals surface area (Å²) in [7, 11) is 0. The molecule has 1 heterocycles. The number of hydrogen-bond donors (Lipinski definition) is 2. The van der Waals surface area contributed by atoms with Gasteiger partial charge >= 0.3 is 5.69 Å².